The van der Waals surface area contributed by atoms with Crippen LogP contribution in [0.4, 0.5) is 5.69 Å². The predicted molar refractivity (Wildman–Crippen MR) is 130 cm³/mol. The van der Waals surface area contributed by atoms with Crippen LogP contribution in [0.25, 0.3) is 5.69 Å². The number of amides is 1. The highest BCUT2D eigenvalue weighted by atomic mass is 32.2. The second-order valence-electron chi connectivity index (χ2n) is 7.17. The van der Waals surface area contributed by atoms with E-state index in [0.29, 0.717) is 28.0 Å². The second kappa shape index (κ2) is 9.37. The van der Waals surface area contributed by atoms with Gasteiger partial charge in [-0.15, -0.1) is 5.10 Å². The molecule has 170 valence electrons. The number of aromatic nitrogens is 2. The first-order valence-corrected chi connectivity index (χ1v) is 11.1. The van der Waals surface area contributed by atoms with Gasteiger partial charge < -0.3 is 9.47 Å². The fraction of sp³-hybridized carbons (Fsp3) is 0.217. The number of para-hydroxylation sites is 1. The van der Waals surface area contributed by atoms with Crippen molar-refractivity contribution in [2.24, 2.45) is 17.3 Å². The molecule has 3 aromatic rings. The molecule has 33 heavy (non-hydrogen) atoms. The quantitative estimate of drug-likeness (QED) is 0.412. The molecule has 10 heteroatoms. The van der Waals surface area contributed by atoms with E-state index in [-0.39, 0.29) is 22.9 Å². The zero-order valence-corrected chi connectivity index (χ0v) is 19.5. The molecule has 0 N–H and O–H groups in total. The average molecular weight is 466 g/mol. The van der Waals surface area contributed by atoms with Crippen molar-refractivity contribution >= 4 is 34.7 Å². The molecular formula is C23H23N5O4S. The summed E-state index contributed by atoms with van der Waals surface area (Å²) in [5, 5.41) is 8.74. The third-order valence-corrected chi connectivity index (χ3v) is 6.18. The Morgan fingerprint density at radius 3 is 2.45 bits per heavy atom. The summed E-state index contributed by atoms with van der Waals surface area (Å²) in [6.07, 6.45) is 1.55. The monoisotopic (exact) mass is 465 g/mol. The number of rotatable bonds is 6. The second-order valence-corrected chi connectivity index (χ2v) is 8.11. The molecule has 0 radical (unpaired) electrons. The maximum absolute atomic E-state index is 13.3. The Bertz CT molecular complexity index is 1310. The van der Waals surface area contributed by atoms with Gasteiger partial charge in [0.2, 0.25) is 5.91 Å². The summed E-state index contributed by atoms with van der Waals surface area (Å²) in [6, 6.07) is 14.6. The Morgan fingerprint density at radius 2 is 1.76 bits per heavy atom. The molecule has 1 aliphatic rings. The highest BCUT2D eigenvalue weighted by Gasteiger charge is 2.35. The Hall–Kier alpha value is -3.79. The number of benzene rings is 2. The van der Waals surface area contributed by atoms with E-state index in [9.17, 15) is 9.59 Å². The normalized spacial score (nSPS) is 15.1. The molecule has 1 aliphatic heterocycles. The van der Waals surface area contributed by atoms with E-state index in [2.05, 4.69) is 10.2 Å². The molecule has 0 bridgehead atoms. The topological polar surface area (TPSA) is 90.4 Å². The zero-order valence-electron chi connectivity index (χ0n) is 18.7. The number of hydrogen-bond acceptors (Lipinski definition) is 7. The molecule has 9 nitrogen and oxygen atoms in total. The Balaban J connectivity index is 1.69. The van der Waals surface area contributed by atoms with Crippen molar-refractivity contribution < 1.29 is 14.3 Å². The predicted octanol–water partition coefficient (Wildman–Crippen LogP) is 2.97. The molecule has 4 rings (SSSR count). The van der Waals surface area contributed by atoms with Crippen molar-refractivity contribution in [2.45, 2.75) is 6.92 Å². The molecule has 0 spiro atoms. The third kappa shape index (κ3) is 4.17. The molecule has 2 aromatic carbocycles. The first-order chi connectivity index (χ1) is 16.0. The van der Waals surface area contributed by atoms with Crippen LogP contribution in [0.2, 0.25) is 0 Å². The summed E-state index contributed by atoms with van der Waals surface area (Å²) < 4.78 is 13.8. The molecule has 0 aliphatic carbocycles. The number of nitrogens with zero attached hydrogens (tertiary/aromatic N) is 5. The molecule has 0 atom stereocenters. The van der Waals surface area contributed by atoms with Crippen LogP contribution < -0.4 is 19.9 Å². The van der Waals surface area contributed by atoms with Crippen LogP contribution in [0.15, 0.2) is 63.5 Å². The Kier molecular flexibility index (Phi) is 6.36. The summed E-state index contributed by atoms with van der Waals surface area (Å²) in [7, 11) is 4.91. The van der Waals surface area contributed by atoms with Crippen LogP contribution in [0.1, 0.15) is 11.3 Å². The van der Waals surface area contributed by atoms with Crippen LogP contribution in [-0.4, -0.2) is 46.6 Å². The molecule has 1 saturated heterocycles. The minimum absolute atomic E-state index is 0.184. The zero-order chi connectivity index (χ0) is 23.5. The fourth-order valence-corrected chi connectivity index (χ4v) is 4.35. The van der Waals surface area contributed by atoms with E-state index >= 15 is 0 Å². The van der Waals surface area contributed by atoms with E-state index in [0.717, 1.165) is 5.56 Å². The largest absolute Gasteiger partial charge is 0.493 e. The summed E-state index contributed by atoms with van der Waals surface area (Å²) in [4.78, 5) is 27.4. The standard InChI is InChI=1S/C23H23N5O4S/c1-15-21(22(30)28(26(15)2)17-8-6-5-7-9-17)27-20(29)14-33-23(27)25-24-13-16-10-11-18(31-3)19(12-16)32-4/h5-13H,14H2,1-4H3. The lowest BCUT2D eigenvalue weighted by Crippen LogP contribution is -2.34. The van der Waals surface area contributed by atoms with Gasteiger partial charge in [-0.25, -0.2) is 9.58 Å². The maximum atomic E-state index is 13.3. The number of anilines is 1. The van der Waals surface area contributed by atoms with Crippen molar-refractivity contribution in [1.82, 2.24) is 9.36 Å². The molecule has 0 saturated carbocycles. The first kappa shape index (κ1) is 22.4. The minimum Gasteiger partial charge on any atom is -0.493 e. The number of thioether (sulfide) groups is 1. The van der Waals surface area contributed by atoms with Gasteiger partial charge in [0.25, 0.3) is 5.56 Å². The van der Waals surface area contributed by atoms with E-state index in [1.165, 1.54) is 21.3 Å². The van der Waals surface area contributed by atoms with Gasteiger partial charge in [-0.05, 0) is 42.8 Å². The van der Waals surface area contributed by atoms with Crippen LogP contribution in [0, 0.1) is 6.92 Å². The summed E-state index contributed by atoms with van der Waals surface area (Å²) in [5.74, 6) is 1.15. The molecule has 1 fully saturated rings. The van der Waals surface area contributed by atoms with Gasteiger partial charge >= 0.3 is 0 Å². The minimum atomic E-state index is -0.298. The lowest BCUT2D eigenvalue weighted by Gasteiger charge is -2.13. The van der Waals surface area contributed by atoms with Gasteiger partial charge in [0.1, 0.15) is 5.69 Å². The van der Waals surface area contributed by atoms with E-state index in [1.54, 1.807) is 51.2 Å². The van der Waals surface area contributed by atoms with Crippen LogP contribution in [0.3, 0.4) is 0 Å². The Morgan fingerprint density at radius 1 is 1.03 bits per heavy atom. The average Bonchev–Trinajstić information content (AvgIpc) is 3.29. The first-order valence-electron chi connectivity index (χ1n) is 10.1. The Labute approximate surface area is 194 Å². The van der Waals surface area contributed by atoms with Gasteiger partial charge in [0.15, 0.2) is 16.7 Å². The molecule has 1 amide bonds. The number of hydrogen-bond donors (Lipinski definition) is 0. The van der Waals surface area contributed by atoms with Crippen molar-refractivity contribution in [2.75, 3.05) is 24.9 Å². The summed E-state index contributed by atoms with van der Waals surface area (Å²) in [6.45, 7) is 1.80. The van der Waals surface area contributed by atoms with Crippen LogP contribution in [-0.2, 0) is 11.8 Å². The van der Waals surface area contributed by atoms with Gasteiger partial charge in [-0.1, -0.05) is 30.0 Å². The number of amidine groups is 1. The molecule has 1 aromatic heterocycles. The lowest BCUT2D eigenvalue weighted by molar-refractivity contribution is -0.115. The SMILES string of the molecule is COc1ccc(C=NN=C2SCC(=O)N2c2c(C)n(C)n(-c3ccccc3)c2=O)cc1OC. The van der Waals surface area contributed by atoms with Gasteiger partial charge in [0.05, 0.1) is 37.6 Å². The van der Waals surface area contributed by atoms with Gasteiger partial charge in [-0.3, -0.25) is 14.3 Å². The maximum Gasteiger partial charge on any atom is 0.296 e. The molecule has 0 unspecified atom stereocenters. The van der Waals surface area contributed by atoms with Crippen molar-refractivity contribution in [3.63, 3.8) is 0 Å². The van der Waals surface area contributed by atoms with Crippen molar-refractivity contribution in [3.8, 4) is 17.2 Å². The van der Waals surface area contributed by atoms with Crippen LogP contribution >= 0.6 is 11.8 Å². The van der Waals surface area contributed by atoms with E-state index < -0.39 is 0 Å². The highest BCUT2D eigenvalue weighted by Crippen LogP contribution is 2.29. The smallest absolute Gasteiger partial charge is 0.296 e. The van der Waals surface area contributed by atoms with Crippen LogP contribution in [0.5, 0.6) is 11.5 Å². The van der Waals surface area contributed by atoms with Crippen molar-refractivity contribution in [3.05, 3.63) is 70.1 Å². The van der Waals surface area contributed by atoms with E-state index in [4.69, 9.17) is 9.47 Å². The molecule has 2 heterocycles. The third-order valence-electron chi connectivity index (χ3n) is 5.27. The lowest BCUT2D eigenvalue weighted by atomic mass is 10.2. The van der Waals surface area contributed by atoms with Gasteiger partial charge in [-0.2, -0.15) is 5.10 Å². The highest BCUT2D eigenvalue weighted by molar-refractivity contribution is 8.15. The summed E-state index contributed by atoms with van der Waals surface area (Å²) >= 11 is 1.24. The summed E-state index contributed by atoms with van der Waals surface area (Å²) in [5.41, 5.74) is 2.09. The molecular weight excluding hydrogens is 442 g/mol. The number of methoxy groups -OCH3 is 2. The van der Waals surface area contributed by atoms with Gasteiger partial charge in [0, 0.05) is 7.05 Å². The fourth-order valence-electron chi connectivity index (χ4n) is 3.55. The van der Waals surface area contributed by atoms with Crippen molar-refractivity contribution in [1.29, 1.82) is 0 Å². The number of carbonyl (C=O) groups is 1. The van der Waals surface area contributed by atoms with E-state index in [1.807, 2.05) is 36.4 Å². The number of ether oxygens (including phenoxy) is 2. The number of carbonyl (C=O) groups excluding carboxylic acids is 1.